The second kappa shape index (κ2) is 8.27. The maximum atomic E-state index is 12.5. The second-order valence-corrected chi connectivity index (χ2v) is 6.10. The number of nitrogens with one attached hydrogen (secondary N) is 1. The molecule has 0 aliphatic heterocycles. The molecule has 0 fully saturated rings. The lowest BCUT2D eigenvalue weighted by atomic mass is 10.2. The summed E-state index contributed by atoms with van der Waals surface area (Å²) in [6.45, 7) is 3.76. The fraction of sp³-hybridized carbons (Fsp3) is 0.278. The number of halogens is 2. The topological polar surface area (TPSA) is 47.6 Å². The van der Waals surface area contributed by atoms with Gasteiger partial charge < -0.3 is 14.8 Å². The number of methoxy groups -OCH3 is 1. The van der Waals surface area contributed by atoms with Gasteiger partial charge in [-0.25, -0.2) is 0 Å². The van der Waals surface area contributed by atoms with Gasteiger partial charge in [0.15, 0.2) is 6.10 Å². The van der Waals surface area contributed by atoms with Gasteiger partial charge in [0.25, 0.3) is 5.91 Å². The monoisotopic (exact) mass is 367 g/mol. The quantitative estimate of drug-likeness (QED) is 0.771. The largest absolute Gasteiger partial charge is 0.495 e. The average Bonchev–Trinajstić information content (AvgIpc) is 2.56. The zero-order chi connectivity index (χ0) is 17.7. The first-order valence-electron chi connectivity index (χ1n) is 7.51. The van der Waals surface area contributed by atoms with Gasteiger partial charge in [0.05, 0.1) is 12.8 Å². The molecule has 0 aromatic heterocycles. The van der Waals surface area contributed by atoms with Crippen molar-refractivity contribution in [1.82, 2.24) is 0 Å². The Balaban J connectivity index is 2.14. The maximum Gasteiger partial charge on any atom is 0.265 e. The van der Waals surface area contributed by atoms with E-state index in [1.807, 2.05) is 13.8 Å². The minimum atomic E-state index is -0.644. The van der Waals surface area contributed by atoms with Crippen molar-refractivity contribution in [1.29, 1.82) is 0 Å². The minimum absolute atomic E-state index is 0.273. The van der Waals surface area contributed by atoms with E-state index < -0.39 is 6.10 Å². The Morgan fingerprint density at radius 1 is 1.21 bits per heavy atom. The van der Waals surface area contributed by atoms with E-state index in [0.717, 1.165) is 5.56 Å². The van der Waals surface area contributed by atoms with Gasteiger partial charge in [0, 0.05) is 10.0 Å². The Hall–Kier alpha value is -1.91. The first kappa shape index (κ1) is 18.4. The predicted octanol–water partition coefficient (Wildman–Crippen LogP) is 5.11. The number of anilines is 1. The molecule has 0 aliphatic carbocycles. The molecule has 4 nitrogen and oxygen atoms in total. The molecule has 6 heteroatoms. The fourth-order valence-electron chi connectivity index (χ4n) is 2.17. The van der Waals surface area contributed by atoms with Gasteiger partial charge in [-0.2, -0.15) is 0 Å². The summed E-state index contributed by atoms with van der Waals surface area (Å²) in [5.41, 5.74) is 1.39. The number of benzene rings is 2. The zero-order valence-corrected chi connectivity index (χ0v) is 15.2. The summed E-state index contributed by atoms with van der Waals surface area (Å²) in [6.07, 6.45) is -0.134. The molecule has 1 atom stereocenters. The van der Waals surface area contributed by atoms with Crippen molar-refractivity contribution >= 4 is 34.8 Å². The lowest BCUT2D eigenvalue weighted by molar-refractivity contribution is -0.122. The Morgan fingerprint density at radius 2 is 1.96 bits per heavy atom. The van der Waals surface area contributed by atoms with Crippen molar-refractivity contribution < 1.29 is 14.3 Å². The number of aryl methyl sites for hydroxylation is 1. The number of carbonyl (C=O) groups excluding carboxylic acids is 1. The van der Waals surface area contributed by atoms with Crippen LogP contribution in [0.5, 0.6) is 11.5 Å². The van der Waals surface area contributed by atoms with Gasteiger partial charge in [-0.05, 0) is 55.3 Å². The fourth-order valence-corrected chi connectivity index (χ4v) is 2.46. The number of amides is 1. The van der Waals surface area contributed by atoms with E-state index in [1.54, 1.807) is 36.4 Å². The van der Waals surface area contributed by atoms with Crippen LogP contribution in [0.15, 0.2) is 36.4 Å². The van der Waals surface area contributed by atoms with Crippen molar-refractivity contribution in [3.63, 3.8) is 0 Å². The van der Waals surface area contributed by atoms with Crippen LogP contribution < -0.4 is 14.8 Å². The molecule has 0 spiro atoms. The first-order chi connectivity index (χ1) is 11.4. The lowest BCUT2D eigenvalue weighted by Crippen LogP contribution is -2.32. The molecule has 2 aromatic carbocycles. The number of hydrogen-bond donors (Lipinski definition) is 1. The summed E-state index contributed by atoms with van der Waals surface area (Å²) in [5.74, 6) is 0.854. The first-order valence-corrected chi connectivity index (χ1v) is 8.27. The minimum Gasteiger partial charge on any atom is -0.495 e. The molecule has 0 saturated heterocycles. The van der Waals surface area contributed by atoms with E-state index in [0.29, 0.717) is 33.7 Å². The summed E-state index contributed by atoms with van der Waals surface area (Å²) in [6, 6.07) is 10.3. The van der Waals surface area contributed by atoms with Crippen LogP contribution in [0.3, 0.4) is 0 Å². The summed E-state index contributed by atoms with van der Waals surface area (Å²) >= 11 is 12.0. The molecule has 1 amide bonds. The number of rotatable bonds is 6. The molecule has 0 saturated carbocycles. The molecule has 2 aromatic rings. The summed E-state index contributed by atoms with van der Waals surface area (Å²) < 4.78 is 11.0. The highest BCUT2D eigenvalue weighted by Crippen LogP contribution is 2.28. The van der Waals surface area contributed by atoms with Crippen LogP contribution in [0.1, 0.15) is 18.9 Å². The van der Waals surface area contributed by atoms with Crippen LogP contribution in [0.4, 0.5) is 5.69 Å². The molecule has 24 heavy (non-hydrogen) atoms. The number of hydrogen-bond acceptors (Lipinski definition) is 3. The van der Waals surface area contributed by atoms with Gasteiger partial charge in [-0.1, -0.05) is 30.1 Å². The molecule has 0 bridgehead atoms. The molecule has 0 radical (unpaired) electrons. The van der Waals surface area contributed by atoms with Crippen molar-refractivity contribution in [2.75, 3.05) is 12.4 Å². The highest BCUT2D eigenvalue weighted by molar-refractivity contribution is 6.31. The van der Waals surface area contributed by atoms with Crippen molar-refractivity contribution in [3.05, 3.63) is 52.0 Å². The van der Waals surface area contributed by atoms with Crippen molar-refractivity contribution in [3.8, 4) is 11.5 Å². The summed E-state index contributed by atoms with van der Waals surface area (Å²) in [4.78, 5) is 12.5. The zero-order valence-electron chi connectivity index (χ0n) is 13.7. The molecule has 0 unspecified atom stereocenters. The third-order valence-electron chi connectivity index (χ3n) is 3.49. The van der Waals surface area contributed by atoms with Crippen LogP contribution >= 0.6 is 23.2 Å². The second-order valence-electron chi connectivity index (χ2n) is 5.26. The highest BCUT2D eigenvalue weighted by atomic mass is 35.5. The summed E-state index contributed by atoms with van der Waals surface area (Å²) in [7, 11) is 1.53. The standard InChI is InChI=1S/C18H19Cl2NO3/c1-4-16(24-13-6-7-14(20)11(2)9-13)18(22)21-15-10-12(19)5-8-17(15)23-3/h5-10,16H,4H2,1-3H3,(H,21,22)/t16-/m0/s1. The number of ether oxygens (including phenoxy) is 2. The maximum absolute atomic E-state index is 12.5. The lowest BCUT2D eigenvalue weighted by Gasteiger charge is -2.19. The number of carbonyl (C=O) groups is 1. The molecule has 0 heterocycles. The van der Waals surface area contributed by atoms with Crippen LogP contribution in [0.2, 0.25) is 10.0 Å². The molecular formula is C18H19Cl2NO3. The third kappa shape index (κ3) is 4.56. The Kier molecular flexibility index (Phi) is 6.35. The van der Waals surface area contributed by atoms with Crippen molar-refractivity contribution in [2.45, 2.75) is 26.4 Å². The Bertz CT molecular complexity index is 734. The van der Waals surface area contributed by atoms with E-state index in [9.17, 15) is 4.79 Å². The SMILES string of the molecule is CC[C@H](Oc1ccc(Cl)c(C)c1)C(=O)Nc1cc(Cl)ccc1OC. The molecule has 2 rings (SSSR count). The van der Waals surface area contributed by atoms with Crippen molar-refractivity contribution in [2.24, 2.45) is 0 Å². The summed E-state index contributed by atoms with van der Waals surface area (Å²) in [5, 5.41) is 3.96. The van der Waals surface area contributed by atoms with Crippen LogP contribution in [0, 0.1) is 6.92 Å². The van der Waals surface area contributed by atoms with E-state index in [2.05, 4.69) is 5.32 Å². The van der Waals surface area contributed by atoms with Gasteiger partial charge in [0.2, 0.25) is 0 Å². The normalized spacial score (nSPS) is 11.7. The smallest absolute Gasteiger partial charge is 0.265 e. The molecule has 128 valence electrons. The van der Waals surface area contributed by atoms with Crippen LogP contribution in [-0.4, -0.2) is 19.1 Å². The van der Waals surface area contributed by atoms with Gasteiger partial charge in [-0.3, -0.25) is 4.79 Å². The third-order valence-corrected chi connectivity index (χ3v) is 4.15. The van der Waals surface area contributed by atoms with E-state index in [1.165, 1.54) is 7.11 Å². The Morgan fingerprint density at radius 3 is 2.58 bits per heavy atom. The highest BCUT2D eigenvalue weighted by Gasteiger charge is 2.20. The van der Waals surface area contributed by atoms with E-state index in [4.69, 9.17) is 32.7 Å². The van der Waals surface area contributed by atoms with E-state index >= 15 is 0 Å². The van der Waals surface area contributed by atoms with Gasteiger partial charge >= 0.3 is 0 Å². The molecule has 1 N–H and O–H groups in total. The Labute approximate surface area is 151 Å². The van der Waals surface area contributed by atoms with Crippen LogP contribution in [0.25, 0.3) is 0 Å². The molecular weight excluding hydrogens is 349 g/mol. The average molecular weight is 368 g/mol. The van der Waals surface area contributed by atoms with E-state index in [-0.39, 0.29) is 5.91 Å². The predicted molar refractivity (Wildman–Crippen MR) is 97.5 cm³/mol. The van der Waals surface area contributed by atoms with Gasteiger partial charge in [0.1, 0.15) is 11.5 Å². The van der Waals surface area contributed by atoms with Crippen LogP contribution in [-0.2, 0) is 4.79 Å². The van der Waals surface area contributed by atoms with Gasteiger partial charge in [-0.15, -0.1) is 0 Å². The molecule has 0 aliphatic rings.